The molecule has 0 aromatic rings. The second-order valence-corrected chi connectivity index (χ2v) is 51.7. The SMILES string of the molecule is C1C2C3C4C5C6CC7C8C9C%10C%11C%12C%13C%14C%15CC%16C%17C%18C%19C%20CC%21C%22C%23C%24C%25C%26C%27C%28C1C21C32C43C54C67C85C96C%107C%118C%129C%13%10C%14%11C%16%15C%17%12C%18%13C%19%14C%20%21C%22%15C%23%16C%24%17C%25%18C%26%19C%27%20C%281C21C32C45C63C74C85C96C%107C%12%11C%138C%14%15C%169C%17%10C%18%11C%19%12C%201C23C%124C%115C%106C897. The molecular weight excluding hydrogens is 925 g/mol. The molecule has 60 rings (SSSR count). The minimum atomic E-state index is 1.11. The first-order valence-corrected chi connectivity index (χ1v) is 38.3. The van der Waals surface area contributed by atoms with Crippen LogP contribution in [-0.2, 0) is 0 Å². The minimum Gasteiger partial charge on any atom is -0.0458 e. The van der Waals surface area contributed by atoms with Gasteiger partial charge >= 0.3 is 0 Å². The topological polar surface area (TPSA) is 0 Å². The van der Waals surface area contributed by atoms with Gasteiger partial charge < -0.3 is 0 Å². The normalized spacial score (nSPS) is 153. The summed E-state index contributed by atoms with van der Waals surface area (Å²) >= 11 is 0. The van der Waals surface area contributed by atoms with E-state index in [4.69, 9.17) is 0 Å². The van der Waals surface area contributed by atoms with E-state index in [0.717, 1.165) is 162 Å². The van der Waals surface area contributed by atoms with Gasteiger partial charge in [0.1, 0.15) is 0 Å². The van der Waals surface area contributed by atoms with Gasteiger partial charge in [0.05, 0.1) is 0 Å². The molecule has 0 heteroatoms. The van der Waals surface area contributed by atoms with Crippen LogP contribution in [0.25, 0.3) is 0 Å². The Morgan fingerprint density at radius 2 is 0.247 bits per heavy atom. The van der Waals surface area contributed by atoms with E-state index in [0.29, 0.717) is 0 Å². The van der Waals surface area contributed by atoms with Gasteiger partial charge in [-0.3, -0.25) is 0 Å². The molecule has 60 saturated carbocycles. The molecule has 0 saturated heterocycles. The van der Waals surface area contributed by atoms with Gasteiger partial charge in [-0.05, 0) is 435 Å². The maximum atomic E-state index is 1.91. The van der Waals surface area contributed by atoms with Gasteiger partial charge in [-0.15, -0.1) is 0 Å². The summed E-state index contributed by atoms with van der Waals surface area (Å²) in [4.78, 5) is 0. The minimum absolute atomic E-state index is 1.11. The van der Waals surface area contributed by atoms with Crippen molar-refractivity contribution >= 4 is 0 Å². The van der Waals surface area contributed by atoms with Gasteiger partial charge in [0.25, 0.3) is 0 Å². The lowest BCUT2D eigenvalue weighted by Crippen LogP contribution is -3.77. The molecule has 56 atom stereocenters. The van der Waals surface area contributed by atoms with E-state index in [-0.39, 0.29) is 0 Å². The molecule has 45 spiro atoms. The molecule has 0 aromatic carbocycles. The van der Waals surface area contributed by atoms with Crippen molar-refractivity contribution in [2.75, 3.05) is 0 Å². The van der Waals surface area contributed by atoms with Crippen LogP contribution in [-0.4, -0.2) is 0 Å². The van der Waals surface area contributed by atoms with Crippen molar-refractivity contribution in [1.29, 1.82) is 0 Å². The number of fused-ring (bicyclic) bond motifs is 24. The largest absolute Gasteiger partial charge is 0.0458 e. The van der Waals surface area contributed by atoms with Crippen molar-refractivity contribution in [2.45, 2.75) is 25.7 Å². The molecule has 60 aliphatic carbocycles. The van der Waals surface area contributed by atoms with E-state index in [1.807, 2.05) is 25.7 Å². The van der Waals surface area contributed by atoms with Crippen molar-refractivity contribution in [3.05, 3.63) is 16.2 Å². The Morgan fingerprint density at radius 1 is 0.117 bits per heavy atom. The summed E-state index contributed by atoms with van der Waals surface area (Å²) in [5.74, 6) is 40.2. The fraction of sp³-hybridized carbons (Fsp3) is 1.00. The van der Waals surface area contributed by atoms with Crippen molar-refractivity contribution in [3.63, 3.8) is 0 Å². The Kier molecular flexibility index (Phi) is 1.04. The van der Waals surface area contributed by atoms with E-state index in [1.54, 1.807) is 0 Å². The van der Waals surface area contributed by atoms with Crippen molar-refractivity contribution < 1.29 is 0 Å². The molecule has 56 unspecified atom stereocenters. The van der Waals surface area contributed by atoms with E-state index in [9.17, 15) is 0 Å². The van der Waals surface area contributed by atoms with Crippen LogP contribution in [0.4, 0.5) is 0 Å². The first-order valence-electron chi connectivity index (χ1n) is 38.3. The monoisotopic (exact) mass is 960 g/mol. The average molecular weight is 961 g/mol. The predicted octanol–water partition coefficient (Wildman–Crippen LogP) is 5.25. The van der Waals surface area contributed by atoms with Crippen molar-refractivity contribution in [3.8, 4) is 0 Å². The number of hydrogen-bond acceptors (Lipinski definition) is 0. The highest BCUT2D eigenvalue weighted by Gasteiger charge is 3.83. The molecule has 0 amide bonds. The second kappa shape index (κ2) is 3.34. The molecule has 344 valence electrons. The first-order chi connectivity index (χ1) is 38.3. The maximum absolute atomic E-state index is 1.91. The molecule has 0 radical (unpaired) electrons. The molecule has 60 fully saturated rings. The molecule has 0 nitrogen and oxygen atoms in total. The molecule has 0 bridgehead atoms. The van der Waals surface area contributed by atoms with Gasteiger partial charge in [-0.25, -0.2) is 0 Å². The molecular formula is C77H36. The zero-order valence-electron chi connectivity index (χ0n) is 41.5. The standard InChI is InChI=1S/C77H36/c1-5-13-21-14-6-2-10-18-25-29-32-30-26-20-12-4-8-16-22-15-7-3-11-19-24-28-31-27-23-17-9(1)33(5)37(13)45(21)38(14)34(6,10)42(18)49(25)53(29)56(32)54(30)50(26)44(20)36(8,12)40(16)46(22)39(15)35(7,11)43(19)48(24)52(28)55(31)51(27)47(23)41(17,33)57(37)61(45)58(38,42)64(49)69(53)72(56)70(54)66(50)60(40,44)62(46)59(39,43)65(48)68(52)71(55)67(51)63(47,57)73(61,64)75(67,69)77(71,72)76(68,70)74(62,65)66/h5-32H,1-4H2. The smallest absolute Gasteiger partial charge is 0.0000249 e. The van der Waals surface area contributed by atoms with Crippen molar-refractivity contribution in [2.24, 2.45) is 393 Å². The van der Waals surface area contributed by atoms with Crippen LogP contribution in [0.15, 0.2) is 0 Å². The molecule has 60 aliphatic rings. The molecule has 0 N–H and O–H groups in total. The van der Waals surface area contributed by atoms with Crippen LogP contribution >= 0.6 is 0 Å². The van der Waals surface area contributed by atoms with E-state index < -0.39 is 0 Å². The second-order valence-electron chi connectivity index (χ2n) is 51.7. The highest BCUT2D eigenvalue weighted by molar-refractivity contribution is 6.41. The van der Waals surface area contributed by atoms with Gasteiger partial charge in [0, 0.05) is 0 Å². The van der Waals surface area contributed by atoms with Crippen LogP contribution in [0.2, 0.25) is 0 Å². The fourth-order valence-corrected chi connectivity index (χ4v) is 94.0. The van der Waals surface area contributed by atoms with Crippen LogP contribution in [0.3, 0.4) is 0 Å². The Bertz CT molecular complexity index is 5390. The first kappa shape index (κ1) is 24.0. The van der Waals surface area contributed by atoms with Gasteiger partial charge in [0.2, 0.25) is 0 Å². The summed E-state index contributed by atoms with van der Waals surface area (Å²) in [5, 5.41) is 0. The lowest BCUT2D eigenvalue weighted by atomic mass is 8.23. The third kappa shape index (κ3) is 0.448. The Balaban J connectivity index is 0.695. The quantitative estimate of drug-likeness (QED) is 0.312. The van der Waals surface area contributed by atoms with E-state index >= 15 is 0 Å². The highest BCUT2D eigenvalue weighted by atomic mass is 15.8. The van der Waals surface area contributed by atoms with Gasteiger partial charge in [-0.1, -0.05) is 0 Å². The fourth-order valence-electron chi connectivity index (χ4n) is 94.0. The van der Waals surface area contributed by atoms with Crippen LogP contribution in [0.5, 0.6) is 0 Å². The summed E-state index contributed by atoms with van der Waals surface area (Å²) in [6, 6.07) is 0. The lowest BCUT2D eigenvalue weighted by Gasteiger charge is -3.78. The Morgan fingerprint density at radius 3 is 0.468 bits per heavy atom. The maximum Gasteiger partial charge on any atom is -0.0000249 e. The molecule has 0 heterocycles. The zero-order valence-corrected chi connectivity index (χ0v) is 41.5. The molecule has 77 heavy (non-hydrogen) atoms. The van der Waals surface area contributed by atoms with E-state index in [1.165, 1.54) is 247 Å². The van der Waals surface area contributed by atoms with Crippen LogP contribution < -0.4 is 0 Å². The van der Waals surface area contributed by atoms with Gasteiger partial charge in [0.15, 0.2) is 0 Å². The Hall–Kier alpha value is 0. The third-order valence-corrected chi connectivity index (χ3v) is 71.4. The number of hydrogen-bond donors (Lipinski definition) is 0. The predicted molar refractivity (Wildman–Crippen MR) is 228 cm³/mol. The summed E-state index contributed by atoms with van der Waals surface area (Å²) in [7, 11) is 0. The molecule has 0 aromatic heterocycles. The summed E-state index contributed by atoms with van der Waals surface area (Å²) in [6.45, 7) is 0. The van der Waals surface area contributed by atoms with E-state index in [2.05, 4.69) is 0 Å². The Labute approximate surface area is 432 Å². The van der Waals surface area contributed by atoms with Crippen LogP contribution in [0, 0.1) is 409 Å². The number of rotatable bonds is 0. The summed E-state index contributed by atoms with van der Waals surface area (Å²) < 4.78 is 0. The van der Waals surface area contributed by atoms with Crippen molar-refractivity contribution in [1.82, 2.24) is 0 Å². The zero-order chi connectivity index (χ0) is 41.5. The lowest BCUT2D eigenvalue weighted by molar-refractivity contribution is -1.28. The van der Waals surface area contributed by atoms with Gasteiger partial charge in [-0.2, -0.15) is 0 Å². The van der Waals surface area contributed by atoms with Crippen LogP contribution in [0.1, 0.15) is 25.7 Å². The summed E-state index contributed by atoms with van der Waals surface area (Å²) in [5.41, 5.74) is 51.8. The molecule has 0 aliphatic heterocycles. The average Bonchev–Trinajstić information content (AvgIpc) is 0.405. The summed E-state index contributed by atoms with van der Waals surface area (Å²) in [6.07, 6.45) is 7.62. The highest BCUT2D eigenvalue weighted by Crippen LogP contribution is 3.85. The third-order valence-electron chi connectivity index (χ3n) is 71.4.